The van der Waals surface area contributed by atoms with E-state index < -0.39 is 11.9 Å². The van der Waals surface area contributed by atoms with Crippen LogP contribution < -0.4 is 11.5 Å². The van der Waals surface area contributed by atoms with Crippen LogP contribution >= 0.6 is 7.92 Å². The standard InChI is InChI=1S/C14H33N2P.C6H10O4/c1-2-3-4-5-6-7-12-17(13-8-10-15)14-9-11-16;7-5(8)3-1-2-4-6(9)10/h2-16H2,1H3;1-4H2,(H,7,8)(H,9,10). The highest BCUT2D eigenvalue weighted by atomic mass is 31.1. The van der Waals surface area contributed by atoms with Crippen molar-refractivity contribution >= 4 is 19.9 Å². The molecule has 0 heterocycles. The first-order valence-corrected chi connectivity index (χ1v) is 12.4. The molecule has 0 saturated heterocycles. The number of hydrogen-bond acceptors (Lipinski definition) is 4. The van der Waals surface area contributed by atoms with E-state index in [-0.39, 0.29) is 20.8 Å². The summed E-state index contributed by atoms with van der Waals surface area (Å²) in [6, 6.07) is 0. The number of carbonyl (C=O) groups is 2. The van der Waals surface area contributed by atoms with Gasteiger partial charge in [0, 0.05) is 12.8 Å². The maximum atomic E-state index is 9.90. The molecule has 0 aromatic rings. The summed E-state index contributed by atoms with van der Waals surface area (Å²) in [5, 5.41) is 16.3. The normalized spacial score (nSPS) is 10.5. The third-order valence-corrected chi connectivity index (χ3v) is 7.06. The number of aliphatic carboxylic acids is 2. The van der Waals surface area contributed by atoms with Crippen molar-refractivity contribution in [3.63, 3.8) is 0 Å². The van der Waals surface area contributed by atoms with Crippen LogP contribution in [0.25, 0.3) is 0 Å². The Hall–Kier alpha value is -0.710. The maximum Gasteiger partial charge on any atom is 0.303 e. The molecule has 0 atom stereocenters. The zero-order chi connectivity index (χ0) is 20.8. The molecule has 0 spiro atoms. The van der Waals surface area contributed by atoms with Crippen LogP contribution in [0.2, 0.25) is 0 Å². The summed E-state index contributed by atoms with van der Waals surface area (Å²) in [6.45, 7) is 3.99. The third-order valence-electron chi connectivity index (χ3n) is 4.22. The van der Waals surface area contributed by atoms with Gasteiger partial charge in [0.1, 0.15) is 0 Å². The van der Waals surface area contributed by atoms with Gasteiger partial charge in [-0.2, -0.15) is 0 Å². The van der Waals surface area contributed by atoms with Gasteiger partial charge in [-0.1, -0.05) is 39.0 Å². The largest absolute Gasteiger partial charge is 0.481 e. The Bertz CT molecular complexity index is 320. The lowest BCUT2D eigenvalue weighted by molar-refractivity contribution is -0.139. The molecule has 0 rings (SSSR count). The lowest BCUT2D eigenvalue weighted by Gasteiger charge is -2.17. The molecule has 0 aliphatic rings. The minimum atomic E-state index is -0.870. The Morgan fingerprint density at radius 3 is 1.48 bits per heavy atom. The second-order valence-electron chi connectivity index (χ2n) is 6.89. The number of carboxylic acid groups (broad SMARTS) is 2. The molecule has 0 amide bonds. The van der Waals surface area contributed by atoms with Crippen LogP contribution in [0.5, 0.6) is 0 Å². The fourth-order valence-corrected chi connectivity index (χ4v) is 5.23. The van der Waals surface area contributed by atoms with E-state index in [4.69, 9.17) is 21.7 Å². The zero-order valence-corrected chi connectivity index (χ0v) is 18.2. The Labute approximate surface area is 167 Å². The molecule has 0 radical (unpaired) electrons. The van der Waals surface area contributed by atoms with Crippen molar-refractivity contribution in [2.75, 3.05) is 31.6 Å². The number of unbranched alkanes of at least 4 members (excludes halogenated alkanes) is 6. The molecule has 0 saturated carbocycles. The van der Waals surface area contributed by atoms with E-state index in [1.807, 2.05) is 0 Å². The lowest BCUT2D eigenvalue weighted by Crippen LogP contribution is -2.06. The third kappa shape index (κ3) is 27.6. The van der Waals surface area contributed by atoms with Crippen molar-refractivity contribution in [2.24, 2.45) is 11.5 Å². The van der Waals surface area contributed by atoms with Gasteiger partial charge >= 0.3 is 11.9 Å². The summed E-state index contributed by atoms with van der Waals surface area (Å²) >= 11 is 0. The predicted octanol–water partition coefficient (Wildman–Crippen LogP) is 4.24. The molecule has 6 N–H and O–H groups in total. The second-order valence-corrected chi connectivity index (χ2v) is 9.57. The van der Waals surface area contributed by atoms with Crippen molar-refractivity contribution in [3.8, 4) is 0 Å². The Morgan fingerprint density at radius 2 is 1.07 bits per heavy atom. The minimum Gasteiger partial charge on any atom is -0.481 e. The van der Waals surface area contributed by atoms with E-state index in [1.165, 1.54) is 69.9 Å². The summed E-state index contributed by atoms with van der Waals surface area (Å²) in [5.41, 5.74) is 11.2. The summed E-state index contributed by atoms with van der Waals surface area (Å²) < 4.78 is 0. The van der Waals surface area contributed by atoms with Crippen LogP contribution in [-0.4, -0.2) is 53.7 Å². The molecule has 27 heavy (non-hydrogen) atoms. The molecule has 0 fully saturated rings. The smallest absolute Gasteiger partial charge is 0.303 e. The van der Waals surface area contributed by atoms with E-state index in [0.29, 0.717) is 12.8 Å². The van der Waals surface area contributed by atoms with E-state index in [0.717, 1.165) is 13.1 Å². The molecule has 0 aromatic carbocycles. The second kappa shape index (κ2) is 23.3. The zero-order valence-electron chi connectivity index (χ0n) is 17.3. The number of rotatable bonds is 18. The first kappa shape index (κ1) is 28.5. The van der Waals surface area contributed by atoms with Crippen molar-refractivity contribution in [1.29, 1.82) is 0 Å². The Kier molecular flexibility index (Phi) is 24.6. The van der Waals surface area contributed by atoms with Crippen LogP contribution in [0.4, 0.5) is 0 Å². The van der Waals surface area contributed by atoms with Gasteiger partial charge in [-0.15, -0.1) is 7.92 Å². The van der Waals surface area contributed by atoms with E-state index in [1.54, 1.807) is 0 Å². The first-order valence-electron chi connectivity index (χ1n) is 10.5. The maximum absolute atomic E-state index is 9.90. The molecule has 0 aliphatic heterocycles. The number of carboxylic acids is 2. The molecule has 162 valence electrons. The SMILES string of the molecule is CCCCCCCCP(CCCN)CCCN.O=C(O)CCCCC(=O)O. The average Bonchev–Trinajstić information content (AvgIpc) is 2.63. The molecule has 0 aliphatic carbocycles. The minimum absolute atomic E-state index is 0.0628. The van der Waals surface area contributed by atoms with Crippen LogP contribution in [-0.2, 0) is 9.59 Å². The Balaban J connectivity index is 0. The molecule has 0 unspecified atom stereocenters. The van der Waals surface area contributed by atoms with Crippen molar-refractivity contribution < 1.29 is 19.8 Å². The topological polar surface area (TPSA) is 127 Å². The van der Waals surface area contributed by atoms with Gasteiger partial charge in [0.15, 0.2) is 0 Å². The lowest BCUT2D eigenvalue weighted by atomic mass is 10.1. The summed E-state index contributed by atoms with van der Waals surface area (Å²) in [4.78, 5) is 19.8. The average molecular weight is 407 g/mol. The van der Waals surface area contributed by atoms with Crippen LogP contribution in [0.3, 0.4) is 0 Å². The van der Waals surface area contributed by atoms with Crippen LogP contribution in [0.15, 0.2) is 0 Å². The van der Waals surface area contributed by atoms with Crippen LogP contribution in [0, 0.1) is 0 Å². The first-order chi connectivity index (χ1) is 13.0. The van der Waals surface area contributed by atoms with Crippen molar-refractivity contribution in [3.05, 3.63) is 0 Å². The van der Waals surface area contributed by atoms with Gasteiger partial charge in [-0.3, -0.25) is 9.59 Å². The quantitative estimate of drug-likeness (QED) is 0.199. The van der Waals surface area contributed by atoms with Crippen LogP contribution in [0.1, 0.15) is 84.0 Å². The van der Waals surface area contributed by atoms with Crippen molar-refractivity contribution in [1.82, 2.24) is 0 Å². The molecular formula is C20H43N2O4P. The van der Waals surface area contributed by atoms with E-state index in [2.05, 4.69) is 6.92 Å². The fourth-order valence-electron chi connectivity index (χ4n) is 2.63. The van der Waals surface area contributed by atoms with Gasteiger partial charge in [0.05, 0.1) is 0 Å². The highest BCUT2D eigenvalue weighted by molar-refractivity contribution is 7.57. The molecule has 0 aromatic heterocycles. The molecule has 0 bridgehead atoms. The molecule has 6 nitrogen and oxygen atoms in total. The molecule has 7 heteroatoms. The monoisotopic (exact) mass is 406 g/mol. The van der Waals surface area contributed by atoms with E-state index >= 15 is 0 Å². The van der Waals surface area contributed by atoms with Gasteiger partial charge < -0.3 is 21.7 Å². The summed E-state index contributed by atoms with van der Waals surface area (Å²) in [7, 11) is 0.243. The number of hydrogen-bond donors (Lipinski definition) is 4. The van der Waals surface area contributed by atoms with Crippen molar-refractivity contribution in [2.45, 2.75) is 84.0 Å². The molecular weight excluding hydrogens is 363 g/mol. The highest BCUT2D eigenvalue weighted by Crippen LogP contribution is 2.37. The van der Waals surface area contributed by atoms with Gasteiger partial charge in [0.25, 0.3) is 0 Å². The van der Waals surface area contributed by atoms with Gasteiger partial charge in [-0.25, -0.2) is 0 Å². The van der Waals surface area contributed by atoms with Gasteiger partial charge in [0.2, 0.25) is 0 Å². The highest BCUT2D eigenvalue weighted by Gasteiger charge is 2.06. The summed E-state index contributed by atoms with van der Waals surface area (Å²) in [6.07, 6.45) is 16.2. The van der Waals surface area contributed by atoms with Gasteiger partial charge in [-0.05, 0) is 63.7 Å². The summed E-state index contributed by atoms with van der Waals surface area (Å²) in [5.74, 6) is -1.74. The van der Waals surface area contributed by atoms with E-state index in [9.17, 15) is 9.59 Å². The fraction of sp³-hybridized carbons (Fsp3) is 0.900. The predicted molar refractivity (Wildman–Crippen MR) is 116 cm³/mol. The Morgan fingerprint density at radius 1 is 0.667 bits per heavy atom. The number of nitrogens with two attached hydrogens (primary N) is 2.